The predicted molar refractivity (Wildman–Crippen MR) is 123 cm³/mol. The minimum atomic E-state index is 0.676. The Balaban J connectivity index is 1.34. The molecule has 9 heteroatoms. The Labute approximate surface area is 184 Å². The number of aromatic nitrogens is 6. The summed E-state index contributed by atoms with van der Waals surface area (Å²) in [6.45, 7) is 3.19. The number of nitrogens with zero attached hydrogens (tertiary/aromatic N) is 7. The summed E-state index contributed by atoms with van der Waals surface area (Å²) in [6, 6.07) is 10.2. The molecule has 1 aromatic carbocycles. The standard InChI is InChI=1S/C23H22N8O/c1-29-15-26-18-12-16(2-4-20(18)29)19-14-31-7-6-24-23(31)22(28-19)27-17-3-5-21(25-13-17)30-8-10-32-11-9-30/h2-7,12-15H,8-11H2,1H3,(H,27,28). The van der Waals surface area contributed by atoms with E-state index in [1.165, 1.54) is 0 Å². The van der Waals surface area contributed by atoms with E-state index < -0.39 is 0 Å². The minimum Gasteiger partial charge on any atom is -0.378 e. The maximum Gasteiger partial charge on any atom is 0.180 e. The molecule has 5 aromatic rings. The van der Waals surface area contributed by atoms with Gasteiger partial charge in [-0.15, -0.1) is 0 Å². The van der Waals surface area contributed by atoms with E-state index in [1.807, 2.05) is 53.1 Å². The monoisotopic (exact) mass is 426 g/mol. The van der Waals surface area contributed by atoms with Gasteiger partial charge in [0.1, 0.15) is 5.82 Å². The molecular formula is C23H22N8O. The molecule has 6 rings (SSSR count). The third-order valence-electron chi connectivity index (χ3n) is 5.74. The highest BCUT2D eigenvalue weighted by Gasteiger charge is 2.14. The van der Waals surface area contributed by atoms with E-state index in [9.17, 15) is 0 Å². The van der Waals surface area contributed by atoms with Gasteiger partial charge < -0.3 is 23.9 Å². The maximum atomic E-state index is 5.43. The van der Waals surface area contributed by atoms with Gasteiger partial charge in [0.25, 0.3) is 0 Å². The number of fused-ring (bicyclic) bond motifs is 2. The summed E-state index contributed by atoms with van der Waals surface area (Å²) in [7, 11) is 1.99. The number of anilines is 3. The first-order chi connectivity index (χ1) is 15.7. The van der Waals surface area contributed by atoms with Crippen molar-refractivity contribution in [2.45, 2.75) is 0 Å². The van der Waals surface area contributed by atoms with Gasteiger partial charge in [0, 0.05) is 44.3 Å². The summed E-state index contributed by atoms with van der Waals surface area (Å²) >= 11 is 0. The smallest absolute Gasteiger partial charge is 0.180 e. The summed E-state index contributed by atoms with van der Waals surface area (Å²) in [5.74, 6) is 1.63. The van der Waals surface area contributed by atoms with Crippen LogP contribution >= 0.6 is 0 Å². The number of pyridine rings is 1. The lowest BCUT2D eigenvalue weighted by Gasteiger charge is -2.27. The van der Waals surface area contributed by atoms with Crippen molar-refractivity contribution in [2.24, 2.45) is 7.05 Å². The Morgan fingerprint density at radius 3 is 2.78 bits per heavy atom. The molecule has 0 aliphatic carbocycles. The van der Waals surface area contributed by atoms with E-state index in [2.05, 4.69) is 43.4 Å². The molecule has 160 valence electrons. The molecule has 0 bridgehead atoms. The number of morpholine rings is 1. The number of nitrogens with one attached hydrogen (secondary N) is 1. The molecule has 4 aromatic heterocycles. The number of aryl methyl sites for hydroxylation is 1. The largest absolute Gasteiger partial charge is 0.378 e. The van der Waals surface area contributed by atoms with Crippen LogP contribution in [0.15, 0.2) is 61.4 Å². The third kappa shape index (κ3) is 3.32. The van der Waals surface area contributed by atoms with Crippen LogP contribution in [0, 0.1) is 0 Å². The van der Waals surface area contributed by atoms with Crippen LogP contribution in [-0.4, -0.2) is 55.2 Å². The van der Waals surface area contributed by atoms with Gasteiger partial charge in [-0.2, -0.15) is 0 Å². The summed E-state index contributed by atoms with van der Waals surface area (Å²) in [6.07, 6.45) is 9.33. The van der Waals surface area contributed by atoms with Crippen molar-refractivity contribution in [2.75, 3.05) is 36.5 Å². The van der Waals surface area contributed by atoms with Crippen molar-refractivity contribution in [3.05, 3.63) is 61.4 Å². The van der Waals surface area contributed by atoms with Crippen LogP contribution in [0.1, 0.15) is 0 Å². The molecule has 9 nitrogen and oxygen atoms in total. The predicted octanol–water partition coefficient (Wildman–Crippen LogP) is 3.26. The number of rotatable bonds is 4. The van der Waals surface area contributed by atoms with E-state index in [0.717, 1.165) is 65.7 Å². The van der Waals surface area contributed by atoms with E-state index in [1.54, 1.807) is 6.20 Å². The van der Waals surface area contributed by atoms with Gasteiger partial charge in [-0.1, -0.05) is 6.07 Å². The van der Waals surface area contributed by atoms with Crippen LogP contribution in [0.25, 0.3) is 27.9 Å². The quantitative estimate of drug-likeness (QED) is 0.472. The van der Waals surface area contributed by atoms with Gasteiger partial charge >= 0.3 is 0 Å². The van der Waals surface area contributed by atoms with Crippen LogP contribution in [0.3, 0.4) is 0 Å². The molecule has 1 aliphatic rings. The molecule has 1 N–H and O–H groups in total. The molecule has 0 amide bonds. The fourth-order valence-electron chi connectivity index (χ4n) is 4.03. The lowest BCUT2D eigenvalue weighted by molar-refractivity contribution is 0.122. The van der Waals surface area contributed by atoms with Crippen molar-refractivity contribution < 1.29 is 4.74 Å². The van der Waals surface area contributed by atoms with E-state index in [4.69, 9.17) is 9.72 Å². The Kier molecular flexibility index (Phi) is 4.46. The Morgan fingerprint density at radius 1 is 1.03 bits per heavy atom. The molecular weight excluding hydrogens is 404 g/mol. The zero-order valence-corrected chi connectivity index (χ0v) is 17.6. The lowest BCUT2D eigenvalue weighted by atomic mass is 10.1. The lowest BCUT2D eigenvalue weighted by Crippen LogP contribution is -2.36. The van der Waals surface area contributed by atoms with Crippen molar-refractivity contribution >= 4 is 34.0 Å². The molecule has 1 saturated heterocycles. The summed E-state index contributed by atoms with van der Waals surface area (Å²) in [4.78, 5) is 20.7. The topological polar surface area (TPSA) is 85.4 Å². The first kappa shape index (κ1) is 18.8. The van der Waals surface area contributed by atoms with Crippen LogP contribution in [0.2, 0.25) is 0 Å². The number of hydrogen-bond acceptors (Lipinski definition) is 7. The maximum absolute atomic E-state index is 5.43. The molecule has 5 heterocycles. The van der Waals surface area contributed by atoms with Gasteiger partial charge in [-0.3, -0.25) is 0 Å². The minimum absolute atomic E-state index is 0.676. The van der Waals surface area contributed by atoms with Gasteiger partial charge in [-0.05, 0) is 24.3 Å². The molecule has 1 aliphatic heterocycles. The zero-order valence-electron chi connectivity index (χ0n) is 17.6. The van der Waals surface area contributed by atoms with Gasteiger partial charge in [-0.25, -0.2) is 19.9 Å². The van der Waals surface area contributed by atoms with E-state index in [-0.39, 0.29) is 0 Å². The third-order valence-corrected chi connectivity index (χ3v) is 5.74. The molecule has 0 radical (unpaired) electrons. The molecule has 0 unspecified atom stereocenters. The highest BCUT2D eigenvalue weighted by atomic mass is 16.5. The van der Waals surface area contributed by atoms with E-state index in [0.29, 0.717) is 5.82 Å². The van der Waals surface area contributed by atoms with Gasteiger partial charge in [0.15, 0.2) is 11.5 Å². The Bertz CT molecular complexity index is 1400. The summed E-state index contributed by atoms with van der Waals surface area (Å²) in [5.41, 5.74) is 5.47. The van der Waals surface area contributed by atoms with E-state index >= 15 is 0 Å². The average molecular weight is 426 g/mol. The van der Waals surface area contributed by atoms with Crippen molar-refractivity contribution in [3.63, 3.8) is 0 Å². The fraction of sp³-hybridized carbons (Fsp3) is 0.217. The number of imidazole rings is 2. The van der Waals surface area contributed by atoms with Gasteiger partial charge in [0.2, 0.25) is 0 Å². The Hall–Kier alpha value is -3.98. The molecule has 1 fully saturated rings. The number of hydrogen-bond donors (Lipinski definition) is 1. The first-order valence-electron chi connectivity index (χ1n) is 10.6. The number of benzene rings is 1. The number of ether oxygens (including phenoxy) is 1. The zero-order chi connectivity index (χ0) is 21.5. The Morgan fingerprint density at radius 2 is 1.94 bits per heavy atom. The summed E-state index contributed by atoms with van der Waals surface area (Å²) < 4.78 is 9.41. The van der Waals surface area contributed by atoms with Crippen LogP contribution < -0.4 is 10.2 Å². The van der Waals surface area contributed by atoms with Gasteiger partial charge in [0.05, 0.1) is 48.2 Å². The molecule has 0 atom stereocenters. The average Bonchev–Trinajstić information content (AvgIpc) is 3.47. The van der Waals surface area contributed by atoms with Crippen molar-refractivity contribution in [1.82, 2.24) is 28.9 Å². The normalized spacial score (nSPS) is 14.3. The van der Waals surface area contributed by atoms with Crippen LogP contribution in [0.5, 0.6) is 0 Å². The second-order valence-corrected chi connectivity index (χ2v) is 7.82. The SMILES string of the molecule is Cn1cnc2cc(-c3cn4ccnc4c(Nc4ccc(N5CCOCC5)nc4)n3)ccc21. The molecule has 0 spiro atoms. The second kappa shape index (κ2) is 7.61. The second-order valence-electron chi connectivity index (χ2n) is 7.82. The summed E-state index contributed by atoms with van der Waals surface area (Å²) in [5, 5.41) is 3.39. The highest BCUT2D eigenvalue weighted by molar-refractivity contribution is 5.82. The van der Waals surface area contributed by atoms with Crippen LogP contribution in [0.4, 0.5) is 17.3 Å². The molecule has 32 heavy (non-hydrogen) atoms. The van der Waals surface area contributed by atoms with Crippen molar-refractivity contribution in [3.8, 4) is 11.3 Å². The first-order valence-corrected chi connectivity index (χ1v) is 10.6. The van der Waals surface area contributed by atoms with Crippen molar-refractivity contribution in [1.29, 1.82) is 0 Å². The molecule has 0 saturated carbocycles. The van der Waals surface area contributed by atoms with Crippen LogP contribution in [-0.2, 0) is 11.8 Å². The fourth-order valence-corrected chi connectivity index (χ4v) is 4.03. The highest BCUT2D eigenvalue weighted by Crippen LogP contribution is 2.27.